The predicted molar refractivity (Wildman–Crippen MR) is 118 cm³/mol. The lowest BCUT2D eigenvalue weighted by Crippen LogP contribution is -2.48. The van der Waals surface area contributed by atoms with E-state index in [1.807, 2.05) is 24.3 Å². The van der Waals surface area contributed by atoms with E-state index >= 15 is 0 Å². The minimum absolute atomic E-state index is 0.00659. The van der Waals surface area contributed by atoms with Crippen LogP contribution >= 0.6 is 11.6 Å². The molecule has 156 valence electrons. The van der Waals surface area contributed by atoms with Crippen molar-refractivity contribution in [2.75, 3.05) is 13.1 Å². The van der Waals surface area contributed by atoms with Crippen LogP contribution in [0.15, 0.2) is 53.3 Å². The first kappa shape index (κ1) is 20.4. The maximum Gasteiger partial charge on any atom is 0.252 e. The van der Waals surface area contributed by atoms with Gasteiger partial charge in [0.2, 0.25) is 5.91 Å². The van der Waals surface area contributed by atoms with Crippen molar-refractivity contribution in [2.24, 2.45) is 0 Å². The lowest BCUT2D eigenvalue weighted by Gasteiger charge is -2.33. The minimum Gasteiger partial charge on any atom is -0.508 e. The Balaban J connectivity index is 1.38. The monoisotopic (exact) mass is 425 g/mol. The number of pyridine rings is 1. The molecule has 0 bridgehead atoms. The Morgan fingerprint density at radius 3 is 2.90 bits per heavy atom. The van der Waals surface area contributed by atoms with Crippen molar-refractivity contribution in [1.29, 1.82) is 0 Å². The van der Waals surface area contributed by atoms with E-state index in [1.165, 1.54) is 0 Å². The molecule has 1 aromatic heterocycles. The molecule has 1 fully saturated rings. The molecule has 1 aliphatic heterocycles. The molecule has 6 nitrogen and oxygen atoms in total. The highest BCUT2D eigenvalue weighted by molar-refractivity contribution is 6.30. The van der Waals surface area contributed by atoms with Crippen molar-refractivity contribution >= 4 is 28.4 Å². The number of halogens is 1. The summed E-state index contributed by atoms with van der Waals surface area (Å²) in [6.07, 6.45) is 1.88. The number of nitrogens with zero attached hydrogens (tertiary/aromatic N) is 1. The van der Waals surface area contributed by atoms with E-state index in [4.69, 9.17) is 11.6 Å². The van der Waals surface area contributed by atoms with Gasteiger partial charge in [-0.25, -0.2) is 0 Å². The molecule has 4 rings (SSSR count). The number of amides is 1. The molecule has 1 amide bonds. The van der Waals surface area contributed by atoms with Crippen LogP contribution in [0.25, 0.3) is 10.9 Å². The first-order valence-corrected chi connectivity index (χ1v) is 10.5. The number of rotatable bonds is 5. The van der Waals surface area contributed by atoms with E-state index in [9.17, 15) is 14.7 Å². The standard InChI is InChI=1S/C23H24ClN3O3/c24-18-7-8-21(28)17(11-18)13-27-9-3-5-19(14-27)25-22(29)12-16-10-15-4-1-2-6-20(15)26-23(16)30/h1-2,4,6-8,10-11,19,28H,3,5,9,12-14H2,(H,25,29)(H,26,30). The van der Waals surface area contributed by atoms with E-state index in [0.29, 0.717) is 23.7 Å². The van der Waals surface area contributed by atoms with Gasteiger partial charge in [-0.15, -0.1) is 0 Å². The van der Waals surface area contributed by atoms with Gasteiger partial charge in [-0.2, -0.15) is 0 Å². The number of phenolic OH excluding ortho intramolecular Hbond substituents is 1. The van der Waals surface area contributed by atoms with Gasteiger partial charge >= 0.3 is 0 Å². The van der Waals surface area contributed by atoms with Gasteiger partial charge in [-0.3, -0.25) is 14.5 Å². The number of phenols is 1. The van der Waals surface area contributed by atoms with Crippen LogP contribution in [0.5, 0.6) is 5.75 Å². The number of likely N-dealkylation sites (tertiary alicyclic amines) is 1. The Morgan fingerprint density at radius 1 is 1.20 bits per heavy atom. The number of aromatic amines is 1. The minimum atomic E-state index is -0.231. The predicted octanol–water partition coefficient (Wildman–Crippen LogP) is 3.21. The fourth-order valence-corrected chi connectivity index (χ4v) is 4.21. The Morgan fingerprint density at radius 2 is 2.03 bits per heavy atom. The summed E-state index contributed by atoms with van der Waals surface area (Å²) in [5.41, 5.74) is 1.77. The zero-order chi connectivity index (χ0) is 21.1. The molecule has 7 heteroatoms. The van der Waals surface area contributed by atoms with Gasteiger partial charge in [-0.1, -0.05) is 29.8 Å². The molecular weight excluding hydrogens is 402 g/mol. The molecule has 1 aliphatic rings. The first-order chi connectivity index (χ1) is 14.5. The van der Waals surface area contributed by atoms with Gasteiger partial charge in [0.15, 0.2) is 0 Å². The number of nitrogens with one attached hydrogen (secondary N) is 2. The summed E-state index contributed by atoms with van der Waals surface area (Å²) in [4.78, 5) is 29.9. The number of fused-ring (bicyclic) bond motifs is 1. The number of hydrogen-bond acceptors (Lipinski definition) is 4. The molecule has 30 heavy (non-hydrogen) atoms. The summed E-state index contributed by atoms with van der Waals surface area (Å²) >= 11 is 6.04. The van der Waals surface area contributed by atoms with Crippen molar-refractivity contribution in [3.8, 4) is 5.75 Å². The molecule has 3 aromatic rings. The number of H-pyrrole nitrogens is 1. The molecule has 0 saturated carbocycles. The quantitative estimate of drug-likeness (QED) is 0.586. The Hall–Kier alpha value is -2.83. The molecule has 3 N–H and O–H groups in total. The molecule has 2 aromatic carbocycles. The zero-order valence-corrected chi connectivity index (χ0v) is 17.3. The Kier molecular flexibility index (Phi) is 6.06. The number of aromatic hydroxyl groups is 1. The summed E-state index contributed by atoms with van der Waals surface area (Å²) in [6, 6.07) is 14.3. The number of carbonyl (C=O) groups excluding carboxylic acids is 1. The van der Waals surface area contributed by atoms with Crippen LogP contribution in [0.2, 0.25) is 5.02 Å². The molecule has 2 heterocycles. The van der Waals surface area contributed by atoms with Gasteiger partial charge in [0.25, 0.3) is 5.56 Å². The van der Waals surface area contributed by atoms with Crippen molar-refractivity contribution in [3.63, 3.8) is 0 Å². The van der Waals surface area contributed by atoms with Crippen LogP contribution < -0.4 is 10.9 Å². The molecule has 1 unspecified atom stereocenters. The lowest BCUT2D eigenvalue weighted by molar-refractivity contribution is -0.121. The molecule has 0 spiro atoms. The smallest absolute Gasteiger partial charge is 0.252 e. The second-order valence-electron chi connectivity index (χ2n) is 7.80. The number of aromatic nitrogens is 1. The highest BCUT2D eigenvalue weighted by Crippen LogP contribution is 2.24. The van der Waals surface area contributed by atoms with E-state index in [-0.39, 0.29) is 29.7 Å². The SMILES string of the molecule is O=C(Cc1cc2ccccc2[nH]c1=O)NC1CCCN(Cc2cc(Cl)ccc2O)C1. The fourth-order valence-electron chi connectivity index (χ4n) is 4.01. The van der Waals surface area contributed by atoms with Crippen molar-refractivity contribution in [1.82, 2.24) is 15.2 Å². The van der Waals surface area contributed by atoms with Gasteiger partial charge in [0.05, 0.1) is 6.42 Å². The molecule has 1 atom stereocenters. The highest BCUT2D eigenvalue weighted by atomic mass is 35.5. The van der Waals surface area contributed by atoms with Crippen molar-refractivity contribution in [2.45, 2.75) is 31.8 Å². The van der Waals surface area contributed by atoms with E-state index in [2.05, 4.69) is 15.2 Å². The Labute approximate surface area is 179 Å². The number of para-hydroxylation sites is 1. The molecule has 0 aliphatic carbocycles. The average Bonchev–Trinajstić information content (AvgIpc) is 2.71. The zero-order valence-electron chi connectivity index (χ0n) is 16.5. The fraction of sp³-hybridized carbons (Fsp3) is 0.304. The number of carbonyl (C=O) groups is 1. The van der Waals surface area contributed by atoms with Crippen molar-refractivity contribution < 1.29 is 9.90 Å². The molecular formula is C23H24ClN3O3. The Bertz CT molecular complexity index is 1130. The summed E-state index contributed by atoms with van der Waals surface area (Å²) in [7, 11) is 0. The largest absolute Gasteiger partial charge is 0.508 e. The van der Waals surface area contributed by atoms with Crippen LogP contribution in [-0.2, 0) is 17.8 Å². The first-order valence-electron chi connectivity index (χ1n) is 10.1. The van der Waals surface area contributed by atoms with Gasteiger partial charge < -0.3 is 15.4 Å². The van der Waals surface area contributed by atoms with E-state index < -0.39 is 0 Å². The van der Waals surface area contributed by atoms with Gasteiger partial charge in [-0.05, 0) is 55.1 Å². The third-order valence-corrected chi connectivity index (χ3v) is 5.72. The summed E-state index contributed by atoms with van der Waals surface area (Å²) in [6.45, 7) is 2.15. The van der Waals surface area contributed by atoms with E-state index in [0.717, 1.165) is 35.9 Å². The number of benzene rings is 2. The average molecular weight is 426 g/mol. The normalized spacial score (nSPS) is 17.2. The third kappa shape index (κ3) is 4.83. The summed E-state index contributed by atoms with van der Waals surface area (Å²) < 4.78 is 0. The third-order valence-electron chi connectivity index (χ3n) is 5.49. The van der Waals surface area contributed by atoms with Crippen LogP contribution in [-0.4, -0.2) is 40.0 Å². The maximum atomic E-state index is 12.6. The van der Waals surface area contributed by atoms with Crippen LogP contribution in [0, 0.1) is 0 Å². The summed E-state index contributed by atoms with van der Waals surface area (Å²) in [5, 5.41) is 14.6. The van der Waals surface area contributed by atoms with Gasteiger partial charge in [0, 0.05) is 40.8 Å². The second kappa shape index (κ2) is 8.90. The maximum absolute atomic E-state index is 12.6. The number of piperidine rings is 1. The highest BCUT2D eigenvalue weighted by Gasteiger charge is 2.22. The lowest BCUT2D eigenvalue weighted by atomic mass is 10.0. The van der Waals surface area contributed by atoms with Crippen molar-refractivity contribution in [3.05, 3.63) is 75.0 Å². The van der Waals surface area contributed by atoms with Crippen LogP contribution in [0.4, 0.5) is 0 Å². The van der Waals surface area contributed by atoms with Gasteiger partial charge in [0.1, 0.15) is 5.75 Å². The van der Waals surface area contributed by atoms with Crippen LogP contribution in [0.1, 0.15) is 24.0 Å². The topological polar surface area (TPSA) is 85.4 Å². The summed E-state index contributed by atoms with van der Waals surface area (Å²) in [5.74, 6) is 0.0642. The molecule has 0 radical (unpaired) electrons. The second-order valence-corrected chi connectivity index (χ2v) is 8.24. The van der Waals surface area contributed by atoms with E-state index in [1.54, 1.807) is 24.3 Å². The van der Waals surface area contributed by atoms with Crippen LogP contribution in [0.3, 0.4) is 0 Å². The molecule has 1 saturated heterocycles. The number of hydrogen-bond donors (Lipinski definition) is 3.